The number of ether oxygens (including phenoxy) is 4. The van der Waals surface area contributed by atoms with Crippen molar-refractivity contribution in [1.82, 2.24) is 0 Å². The molecule has 0 spiro atoms. The van der Waals surface area contributed by atoms with Crippen LogP contribution in [0.15, 0.2) is 182 Å². The Balaban J connectivity index is 5.49. The predicted molar refractivity (Wildman–Crippen MR) is 445 cm³/mol. The number of carbonyl (C=O) groups is 4. The van der Waals surface area contributed by atoms with E-state index in [4.69, 9.17) is 37.0 Å². The second kappa shape index (κ2) is 79.3. The number of phosphoric ester groups is 2. The van der Waals surface area contributed by atoms with Crippen LogP contribution >= 0.6 is 15.6 Å². The normalized spacial score (nSPS) is 14.8. The van der Waals surface area contributed by atoms with Crippen LogP contribution in [0.2, 0.25) is 0 Å². The number of aliphatic hydroxyl groups is 1. The van der Waals surface area contributed by atoms with Crippen LogP contribution in [0.4, 0.5) is 0 Å². The summed E-state index contributed by atoms with van der Waals surface area (Å²) in [5, 5.41) is 10.7. The molecule has 0 aromatic rings. The van der Waals surface area contributed by atoms with Crippen LogP contribution in [-0.4, -0.2) is 96.7 Å². The number of phosphoric acid groups is 2. The lowest BCUT2D eigenvalue weighted by molar-refractivity contribution is -0.161. The molecule has 0 radical (unpaired) electrons. The highest BCUT2D eigenvalue weighted by Crippen LogP contribution is 2.45. The number of allylic oxidation sites excluding steroid dienone is 30. The third-order valence-electron chi connectivity index (χ3n) is 16.3. The monoisotopic (exact) mass is 1550 g/mol. The molecule has 5 atom stereocenters. The first-order chi connectivity index (χ1) is 52.7. The first-order valence-corrected chi connectivity index (χ1v) is 44.0. The van der Waals surface area contributed by atoms with E-state index in [2.05, 4.69) is 198 Å². The molecule has 0 amide bonds. The van der Waals surface area contributed by atoms with Gasteiger partial charge in [-0.05, 0) is 173 Å². The third-order valence-corrected chi connectivity index (χ3v) is 18.2. The Bertz CT molecular complexity index is 2760. The number of hydrogen-bond donors (Lipinski definition) is 3. The van der Waals surface area contributed by atoms with E-state index in [-0.39, 0.29) is 25.7 Å². The highest BCUT2D eigenvalue weighted by atomic mass is 31.2. The molecule has 108 heavy (non-hydrogen) atoms. The Morgan fingerprint density at radius 1 is 0.269 bits per heavy atom. The minimum absolute atomic E-state index is 0.0233. The molecule has 19 heteroatoms. The van der Waals surface area contributed by atoms with Gasteiger partial charge in [-0.3, -0.25) is 37.3 Å². The molecule has 0 aliphatic rings. The van der Waals surface area contributed by atoms with Gasteiger partial charge in [-0.15, -0.1) is 0 Å². The van der Waals surface area contributed by atoms with Crippen molar-refractivity contribution >= 4 is 39.5 Å². The molecule has 0 aromatic carbocycles. The molecule has 0 fully saturated rings. The number of hydrogen-bond acceptors (Lipinski definition) is 15. The second-order valence-corrected chi connectivity index (χ2v) is 29.5. The Morgan fingerprint density at radius 3 is 0.796 bits per heavy atom. The minimum atomic E-state index is -5.01. The van der Waals surface area contributed by atoms with E-state index in [1.807, 2.05) is 12.2 Å². The number of rotatable bonds is 75. The highest BCUT2D eigenvalue weighted by Gasteiger charge is 2.30. The molecular weight excluding hydrogens is 1400 g/mol. The van der Waals surface area contributed by atoms with E-state index in [0.29, 0.717) is 38.5 Å². The summed E-state index contributed by atoms with van der Waals surface area (Å²) < 4.78 is 68.6. The molecular formula is C89H144O17P2. The zero-order chi connectivity index (χ0) is 78.9. The van der Waals surface area contributed by atoms with Crippen molar-refractivity contribution < 1.29 is 80.2 Å². The summed E-state index contributed by atoms with van der Waals surface area (Å²) >= 11 is 0. The van der Waals surface area contributed by atoms with E-state index in [0.717, 1.165) is 186 Å². The van der Waals surface area contributed by atoms with Crippen molar-refractivity contribution in [3.63, 3.8) is 0 Å². The lowest BCUT2D eigenvalue weighted by Crippen LogP contribution is -2.30. The van der Waals surface area contributed by atoms with Crippen molar-refractivity contribution in [3.05, 3.63) is 182 Å². The molecule has 0 saturated heterocycles. The Kier molecular flexibility index (Phi) is 75.0. The molecule has 0 saturated carbocycles. The fourth-order valence-corrected chi connectivity index (χ4v) is 11.8. The van der Waals surface area contributed by atoms with E-state index >= 15 is 0 Å². The number of esters is 4. The van der Waals surface area contributed by atoms with Gasteiger partial charge in [0.15, 0.2) is 12.2 Å². The maximum atomic E-state index is 13.1. The van der Waals surface area contributed by atoms with Crippen LogP contribution in [0.1, 0.15) is 297 Å². The molecule has 0 aromatic heterocycles. The molecule has 0 aliphatic carbocycles. The smallest absolute Gasteiger partial charge is 0.462 e. The minimum Gasteiger partial charge on any atom is -0.462 e. The van der Waals surface area contributed by atoms with Crippen molar-refractivity contribution in [2.24, 2.45) is 0 Å². The summed E-state index contributed by atoms with van der Waals surface area (Å²) in [6, 6.07) is 0. The van der Waals surface area contributed by atoms with E-state index in [1.54, 1.807) is 0 Å². The third kappa shape index (κ3) is 78.3. The van der Waals surface area contributed by atoms with Gasteiger partial charge in [-0.25, -0.2) is 9.13 Å². The quantitative estimate of drug-likeness (QED) is 0.0169. The summed E-state index contributed by atoms with van der Waals surface area (Å²) in [7, 11) is -10.0. The average Bonchev–Trinajstić information content (AvgIpc) is 0.906. The fourth-order valence-electron chi connectivity index (χ4n) is 10.2. The van der Waals surface area contributed by atoms with Crippen molar-refractivity contribution in [2.45, 2.75) is 316 Å². The molecule has 0 bridgehead atoms. The predicted octanol–water partition coefficient (Wildman–Crippen LogP) is 24.3. The maximum Gasteiger partial charge on any atom is 0.472 e. The fraction of sp³-hybridized carbons (Fsp3) is 0.618. The van der Waals surface area contributed by atoms with Crippen molar-refractivity contribution in [1.29, 1.82) is 0 Å². The zero-order valence-corrected chi connectivity index (χ0v) is 68.7. The average molecular weight is 1550 g/mol. The van der Waals surface area contributed by atoms with Gasteiger partial charge < -0.3 is 33.8 Å². The van der Waals surface area contributed by atoms with E-state index < -0.39 is 97.5 Å². The first-order valence-electron chi connectivity index (χ1n) is 41.0. The van der Waals surface area contributed by atoms with Crippen molar-refractivity contribution in [3.8, 4) is 0 Å². The number of unbranched alkanes of at least 4 members (excludes halogenated alkanes) is 19. The molecule has 5 unspecified atom stereocenters. The largest absolute Gasteiger partial charge is 0.472 e. The zero-order valence-electron chi connectivity index (χ0n) is 66.9. The van der Waals surface area contributed by atoms with Gasteiger partial charge in [0.05, 0.1) is 26.4 Å². The summed E-state index contributed by atoms with van der Waals surface area (Å²) in [5.74, 6) is -2.33. The molecule has 17 nitrogen and oxygen atoms in total. The molecule has 612 valence electrons. The van der Waals surface area contributed by atoms with Gasteiger partial charge in [-0.2, -0.15) is 0 Å². The van der Waals surface area contributed by atoms with Gasteiger partial charge >= 0.3 is 39.5 Å². The van der Waals surface area contributed by atoms with Crippen LogP contribution < -0.4 is 0 Å². The second-order valence-electron chi connectivity index (χ2n) is 26.6. The van der Waals surface area contributed by atoms with Gasteiger partial charge in [0.1, 0.15) is 19.3 Å². The molecule has 3 N–H and O–H groups in total. The van der Waals surface area contributed by atoms with Crippen molar-refractivity contribution in [2.75, 3.05) is 39.6 Å². The summed E-state index contributed by atoms with van der Waals surface area (Å²) in [5.41, 5.74) is 0. The Hall–Kier alpha value is -5.84. The number of carbonyl (C=O) groups excluding carboxylic acids is 4. The summed E-state index contributed by atoms with van der Waals surface area (Å²) in [6.45, 7) is 4.36. The molecule has 0 aliphatic heterocycles. The van der Waals surface area contributed by atoms with Crippen LogP contribution in [-0.2, 0) is 65.4 Å². The van der Waals surface area contributed by atoms with Crippen LogP contribution in [0, 0.1) is 0 Å². The highest BCUT2D eigenvalue weighted by molar-refractivity contribution is 7.47. The van der Waals surface area contributed by atoms with E-state index in [1.165, 1.54) is 19.3 Å². The number of aliphatic hydroxyl groups excluding tert-OH is 1. The van der Waals surface area contributed by atoms with Gasteiger partial charge in [0.25, 0.3) is 0 Å². The SMILES string of the molecule is CC/C=C\C/C=C\C/C=C\C/C=C\C/C=C\CCCC(=O)OCC(COP(=O)(O)OCC(O)COP(=O)(O)OCC(COC(=O)CCCCCCCC/C=C\C/C=C\C/C=C\CCCCC)OC(=O)CCCCCCCCC/C=C\C/C=C\C/C=C\CC)OC(=O)CCCC/C=C\C/C=C\C/C=C\C/C=C\CC. The standard InChI is InChI=1S/C89H144O17P2/c1-5-9-13-17-21-25-29-33-37-40-41-44-47-50-54-58-62-66-70-74-87(92)100-80-85(106-89(94)76-72-68-64-60-56-52-48-43-39-35-31-27-23-19-15-11-7-3)82-104-108(97,98)102-78-83(90)77-101-107(95,96)103-81-84(105-88(93)75-71-67-63-59-55-51-45-36-32-28-24-20-16-12-8-4)79-99-86(91)73-69-65-61-57-53-49-46-42-38-34-30-26-22-18-14-10-6-2/h10-12,14-16,21-28,33-39,41,44-46,49,55,57,59,61,83-85,90H,5-9,13,17-20,29-32,40,42-43,47-48,50-54,56,58,60,62-82H2,1-4H3,(H,95,96)(H,97,98)/b14-10-,15-11-,16-12-,25-21-,26-22-,27-23-,28-24-,37-33-,38-34-,39-35-,44-41-,45-36-,49-46-,59-55-,61-57-. The van der Waals surface area contributed by atoms with Gasteiger partial charge in [0.2, 0.25) is 0 Å². The first kappa shape index (κ1) is 102. The van der Waals surface area contributed by atoms with E-state index in [9.17, 15) is 43.2 Å². The van der Waals surface area contributed by atoms with Crippen LogP contribution in [0.25, 0.3) is 0 Å². The summed E-state index contributed by atoms with van der Waals surface area (Å²) in [6.07, 6.45) is 95.9. The molecule has 0 rings (SSSR count). The summed E-state index contributed by atoms with van der Waals surface area (Å²) in [4.78, 5) is 73.1. The van der Waals surface area contributed by atoms with Gasteiger partial charge in [0, 0.05) is 25.7 Å². The lowest BCUT2D eigenvalue weighted by Gasteiger charge is -2.21. The lowest BCUT2D eigenvalue weighted by atomic mass is 10.1. The Labute approximate surface area is 654 Å². The topological polar surface area (TPSA) is 237 Å². The Morgan fingerprint density at radius 2 is 0.491 bits per heavy atom. The van der Waals surface area contributed by atoms with Gasteiger partial charge in [-0.1, -0.05) is 281 Å². The van der Waals surface area contributed by atoms with Crippen LogP contribution in [0.3, 0.4) is 0 Å². The van der Waals surface area contributed by atoms with Crippen LogP contribution in [0.5, 0.6) is 0 Å². The maximum absolute atomic E-state index is 13.1. The molecule has 0 heterocycles.